The van der Waals surface area contributed by atoms with E-state index in [0.29, 0.717) is 22.8 Å². The van der Waals surface area contributed by atoms with Gasteiger partial charge in [0.2, 0.25) is 0 Å². The zero-order chi connectivity index (χ0) is 16.7. The van der Waals surface area contributed by atoms with Crippen LogP contribution in [0.3, 0.4) is 0 Å². The third kappa shape index (κ3) is 5.27. The lowest BCUT2D eigenvalue weighted by atomic mass is 10.2. The summed E-state index contributed by atoms with van der Waals surface area (Å²) in [4.78, 5) is 27.3. The van der Waals surface area contributed by atoms with Crippen LogP contribution in [0.1, 0.15) is 21.6 Å². The first-order chi connectivity index (χ1) is 11.1. The number of alkyl carbamates (subject to hydrolysis) is 1. The molecule has 2 aromatic rings. The van der Waals surface area contributed by atoms with Crippen molar-refractivity contribution >= 4 is 23.6 Å². The highest BCUT2D eigenvalue weighted by atomic mass is 35.5. The number of rotatable bonds is 5. The smallest absolute Gasteiger partial charge is 0.407 e. The minimum atomic E-state index is -0.553. The second-order valence-corrected chi connectivity index (χ2v) is 5.13. The van der Waals surface area contributed by atoms with Gasteiger partial charge in [0, 0.05) is 23.3 Å². The van der Waals surface area contributed by atoms with Gasteiger partial charge in [0.1, 0.15) is 0 Å². The Labute approximate surface area is 138 Å². The van der Waals surface area contributed by atoms with Crippen LogP contribution >= 0.6 is 11.6 Å². The lowest BCUT2D eigenvalue weighted by molar-refractivity contribution is 0.0950. The molecule has 0 radical (unpaired) electrons. The molecule has 1 heterocycles. The number of pyridine rings is 1. The second-order valence-electron chi connectivity index (χ2n) is 4.69. The Bertz CT molecular complexity index is 706. The average molecular weight is 334 g/mol. The highest BCUT2D eigenvalue weighted by Crippen LogP contribution is 2.10. The number of aromatic nitrogens is 1. The molecule has 0 unspecified atom stereocenters. The van der Waals surface area contributed by atoms with E-state index >= 15 is 0 Å². The molecule has 0 spiro atoms. The molecule has 1 aromatic heterocycles. The van der Waals surface area contributed by atoms with Crippen LogP contribution in [0.4, 0.5) is 4.79 Å². The molecular formula is C16H16ClN3O3. The van der Waals surface area contributed by atoms with Gasteiger partial charge in [-0.2, -0.15) is 0 Å². The highest BCUT2D eigenvalue weighted by molar-refractivity contribution is 6.30. The summed E-state index contributed by atoms with van der Waals surface area (Å²) in [6, 6.07) is 10.5. The van der Waals surface area contributed by atoms with Gasteiger partial charge in [0.15, 0.2) is 0 Å². The molecule has 0 bridgehead atoms. The molecule has 0 atom stereocenters. The number of nitrogens with one attached hydrogen (secondary N) is 2. The van der Waals surface area contributed by atoms with Gasteiger partial charge in [-0.3, -0.25) is 9.78 Å². The number of methoxy groups -OCH3 is 1. The molecule has 2 rings (SSSR count). The molecule has 0 fully saturated rings. The van der Waals surface area contributed by atoms with Gasteiger partial charge in [0.25, 0.3) is 5.91 Å². The first-order valence-corrected chi connectivity index (χ1v) is 7.25. The van der Waals surface area contributed by atoms with E-state index in [1.54, 1.807) is 24.3 Å². The Kier molecular flexibility index (Phi) is 5.94. The maximum atomic E-state index is 12.2. The van der Waals surface area contributed by atoms with Crippen LogP contribution in [0.15, 0.2) is 42.6 Å². The summed E-state index contributed by atoms with van der Waals surface area (Å²) in [5.41, 5.74) is 1.93. The first-order valence-electron chi connectivity index (χ1n) is 6.88. The van der Waals surface area contributed by atoms with Crippen LogP contribution in [0.25, 0.3) is 0 Å². The number of hydrogen-bond donors (Lipinski definition) is 2. The van der Waals surface area contributed by atoms with Gasteiger partial charge < -0.3 is 15.4 Å². The molecule has 0 aliphatic heterocycles. The van der Waals surface area contributed by atoms with E-state index in [9.17, 15) is 9.59 Å². The summed E-state index contributed by atoms with van der Waals surface area (Å²) >= 11 is 5.90. The number of benzene rings is 1. The molecule has 0 aliphatic carbocycles. The quantitative estimate of drug-likeness (QED) is 0.881. The number of halogens is 1. The number of carbonyl (C=O) groups is 2. The van der Waals surface area contributed by atoms with Gasteiger partial charge in [-0.05, 0) is 29.8 Å². The first kappa shape index (κ1) is 16.8. The Hall–Kier alpha value is -2.60. The fourth-order valence-corrected chi connectivity index (χ4v) is 2.10. The van der Waals surface area contributed by atoms with E-state index in [4.69, 9.17) is 11.6 Å². The monoisotopic (exact) mass is 333 g/mol. The standard InChI is InChI=1S/C16H16ClN3O3/c1-23-16(22)20-10-14-8-12(5-6-18-14)15(21)19-9-11-3-2-4-13(17)7-11/h2-8H,9-10H2,1H3,(H,19,21)(H,20,22). The molecule has 0 saturated heterocycles. The predicted molar refractivity (Wildman–Crippen MR) is 86.1 cm³/mol. The number of hydrogen-bond acceptors (Lipinski definition) is 4. The Morgan fingerprint density at radius 1 is 1.17 bits per heavy atom. The fourth-order valence-electron chi connectivity index (χ4n) is 1.88. The zero-order valence-corrected chi connectivity index (χ0v) is 13.3. The molecular weight excluding hydrogens is 318 g/mol. The van der Waals surface area contributed by atoms with Crippen LogP contribution in [0, 0.1) is 0 Å². The second kappa shape index (κ2) is 8.14. The van der Waals surface area contributed by atoms with E-state index in [-0.39, 0.29) is 12.5 Å². The summed E-state index contributed by atoms with van der Waals surface area (Å²) in [7, 11) is 1.28. The summed E-state index contributed by atoms with van der Waals surface area (Å²) in [6.45, 7) is 0.555. The van der Waals surface area contributed by atoms with E-state index in [0.717, 1.165) is 5.56 Å². The Morgan fingerprint density at radius 3 is 2.74 bits per heavy atom. The van der Waals surface area contributed by atoms with Crippen molar-refractivity contribution in [1.29, 1.82) is 0 Å². The molecule has 2 N–H and O–H groups in total. The number of amides is 2. The summed E-state index contributed by atoms with van der Waals surface area (Å²) in [6.07, 6.45) is 0.963. The molecule has 0 aliphatic rings. The summed E-state index contributed by atoms with van der Waals surface area (Å²) in [5.74, 6) is -0.230. The molecule has 23 heavy (non-hydrogen) atoms. The fraction of sp³-hybridized carbons (Fsp3) is 0.188. The lowest BCUT2D eigenvalue weighted by Crippen LogP contribution is -2.25. The Morgan fingerprint density at radius 2 is 2.00 bits per heavy atom. The Balaban J connectivity index is 1.95. The van der Waals surface area contributed by atoms with Crippen LogP contribution in [0.2, 0.25) is 5.02 Å². The molecule has 0 saturated carbocycles. The van der Waals surface area contributed by atoms with Crippen molar-refractivity contribution in [3.63, 3.8) is 0 Å². The highest BCUT2D eigenvalue weighted by Gasteiger charge is 2.08. The van der Waals surface area contributed by atoms with Crippen molar-refractivity contribution < 1.29 is 14.3 Å². The minimum absolute atomic E-state index is 0.183. The molecule has 120 valence electrons. The normalized spacial score (nSPS) is 10.0. The van der Waals surface area contributed by atoms with E-state index < -0.39 is 6.09 Å². The lowest BCUT2D eigenvalue weighted by Gasteiger charge is -2.07. The third-order valence-corrected chi connectivity index (χ3v) is 3.26. The third-order valence-electron chi connectivity index (χ3n) is 3.02. The largest absolute Gasteiger partial charge is 0.453 e. The van der Waals surface area contributed by atoms with Crippen LogP contribution in [-0.2, 0) is 17.8 Å². The molecule has 2 amide bonds. The van der Waals surface area contributed by atoms with Crippen molar-refractivity contribution in [1.82, 2.24) is 15.6 Å². The van der Waals surface area contributed by atoms with Crippen LogP contribution < -0.4 is 10.6 Å². The molecule has 1 aromatic carbocycles. The number of nitrogens with zero attached hydrogens (tertiary/aromatic N) is 1. The van der Waals surface area contributed by atoms with E-state index in [1.165, 1.54) is 13.3 Å². The van der Waals surface area contributed by atoms with Crippen molar-refractivity contribution in [2.75, 3.05) is 7.11 Å². The predicted octanol–water partition coefficient (Wildman–Crippen LogP) is 2.52. The van der Waals surface area contributed by atoms with Crippen molar-refractivity contribution in [3.05, 3.63) is 64.4 Å². The van der Waals surface area contributed by atoms with E-state index in [2.05, 4.69) is 20.4 Å². The van der Waals surface area contributed by atoms with Crippen LogP contribution in [-0.4, -0.2) is 24.1 Å². The average Bonchev–Trinajstić information content (AvgIpc) is 2.58. The van der Waals surface area contributed by atoms with Gasteiger partial charge in [-0.25, -0.2) is 4.79 Å². The zero-order valence-electron chi connectivity index (χ0n) is 12.5. The maximum Gasteiger partial charge on any atom is 0.407 e. The number of carbonyl (C=O) groups excluding carboxylic acids is 2. The van der Waals surface area contributed by atoms with E-state index in [1.807, 2.05) is 12.1 Å². The topological polar surface area (TPSA) is 80.3 Å². The van der Waals surface area contributed by atoms with Crippen molar-refractivity contribution in [3.8, 4) is 0 Å². The van der Waals surface area contributed by atoms with Crippen molar-refractivity contribution in [2.24, 2.45) is 0 Å². The summed E-state index contributed by atoms with van der Waals surface area (Å²) in [5, 5.41) is 5.94. The van der Waals surface area contributed by atoms with Gasteiger partial charge in [-0.1, -0.05) is 23.7 Å². The molecule has 7 heteroatoms. The SMILES string of the molecule is COC(=O)NCc1cc(C(=O)NCc2cccc(Cl)c2)ccn1. The van der Waals surface area contributed by atoms with Gasteiger partial charge >= 0.3 is 6.09 Å². The molecule has 6 nitrogen and oxygen atoms in total. The van der Waals surface area contributed by atoms with Crippen LogP contribution in [0.5, 0.6) is 0 Å². The van der Waals surface area contributed by atoms with Gasteiger partial charge in [-0.15, -0.1) is 0 Å². The van der Waals surface area contributed by atoms with Crippen molar-refractivity contribution in [2.45, 2.75) is 13.1 Å². The maximum absolute atomic E-state index is 12.2. The summed E-state index contributed by atoms with van der Waals surface area (Å²) < 4.78 is 4.48. The minimum Gasteiger partial charge on any atom is -0.453 e. The number of ether oxygens (including phenoxy) is 1. The van der Waals surface area contributed by atoms with Gasteiger partial charge in [0.05, 0.1) is 19.3 Å².